The van der Waals surface area contributed by atoms with Crippen molar-refractivity contribution in [3.63, 3.8) is 0 Å². The predicted molar refractivity (Wildman–Crippen MR) is 128 cm³/mol. The summed E-state index contributed by atoms with van der Waals surface area (Å²) >= 11 is 1.82. The molecule has 1 unspecified atom stereocenters. The second kappa shape index (κ2) is 9.65. The second-order valence-corrected chi connectivity index (χ2v) is 9.92. The van der Waals surface area contributed by atoms with Crippen LogP contribution in [0.25, 0.3) is 0 Å². The summed E-state index contributed by atoms with van der Waals surface area (Å²) in [6.45, 7) is 4.13. The van der Waals surface area contributed by atoms with Crippen LogP contribution in [0.15, 0.2) is 59.5 Å². The van der Waals surface area contributed by atoms with Gasteiger partial charge in [-0.3, -0.25) is 19.4 Å². The number of piperazine rings is 1. The molecule has 32 heavy (non-hydrogen) atoms. The van der Waals surface area contributed by atoms with Crippen LogP contribution in [-0.2, 0) is 9.59 Å². The monoisotopic (exact) mass is 450 g/mol. The number of rotatable bonds is 6. The zero-order valence-corrected chi connectivity index (χ0v) is 19.1. The first-order valence-electron chi connectivity index (χ1n) is 11.5. The highest BCUT2D eigenvalue weighted by atomic mass is 32.2. The molecular weight excluding hydrogens is 420 g/mol. The van der Waals surface area contributed by atoms with Crippen LogP contribution in [0.4, 0.5) is 5.69 Å². The molecule has 1 aliphatic carbocycles. The number of carbonyl (C=O) groups is 2. The molecule has 0 bridgehead atoms. The first kappa shape index (κ1) is 21.5. The van der Waals surface area contributed by atoms with E-state index < -0.39 is 0 Å². The largest absolute Gasteiger partial charge is 0.352 e. The number of para-hydroxylation sites is 1. The van der Waals surface area contributed by atoms with Crippen LogP contribution in [0.2, 0.25) is 0 Å². The molecule has 3 aliphatic rings. The molecule has 2 fully saturated rings. The van der Waals surface area contributed by atoms with Gasteiger partial charge < -0.3 is 10.2 Å². The normalized spacial score (nSPS) is 21.8. The van der Waals surface area contributed by atoms with Crippen LogP contribution in [-0.4, -0.2) is 72.7 Å². The average molecular weight is 451 g/mol. The molecule has 1 saturated heterocycles. The van der Waals surface area contributed by atoms with Crippen LogP contribution in [0.3, 0.4) is 0 Å². The molecule has 2 aromatic rings. The molecule has 168 valence electrons. The van der Waals surface area contributed by atoms with Crippen molar-refractivity contribution in [2.24, 2.45) is 0 Å². The van der Waals surface area contributed by atoms with Crippen molar-refractivity contribution in [3.8, 4) is 0 Å². The fourth-order valence-electron chi connectivity index (χ4n) is 4.50. The minimum absolute atomic E-state index is 0.0380. The Bertz CT molecular complexity index is 957. The van der Waals surface area contributed by atoms with Gasteiger partial charge in [-0.1, -0.05) is 42.5 Å². The maximum absolute atomic E-state index is 13.6. The molecule has 2 aromatic carbocycles. The Morgan fingerprint density at radius 2 is 1.53 bits per heavy atom. The van der Waals surface area contributed by atoms with E-state index in [1.54, 1.807) is 0 Å². The van der Waals surface area contributed by atoms with Crippen molar-refractivity contribution in [1.29, 1.82) is 0 Å². The van der Waals surface area contributed by atoms with Crippen molar-refractivity contribution in [2.45, 2.75) is 29.8 Å². The second-order valence-electron chi connectivity index (χ2n) is 8.86. The van der Waals surface area contributed by atoms with Crippen molar-refractivity contribution in [1.82, 2.24) is 15.1 Å². The van der Waals surface area contributed by atoms with E-state index in [1.807, 2.05) is 47.0 Å². The zero-order valence-electron chi connectivity index (χ0n) is 18.3. The third kappa shape index (κ3) is 5.00. The molecule has 7 heteroatoms. The number of hydrogen-bond donors (Lipinski definition) is 1. The van der Waals surface area contributed by atoms with Crippen LogP contribution < -0.4 is 10.2 Å². The lowest BCUT2D eigenvalue weighted by Gasteiger charge is -2.39. The smallest absolute Gasteiger partial charge is 0.241 e. The number of nitrogens with zero attached hydrogens (tertiary/aromatic N) is 3. The van der Waals surface area contributed by atoms with Gasteiger partial charge in [0, 0.05) is 42.9 Å². The summed E-state index contributed by atoms with van der Waals surface area (Å²) in [7, 11) is 0. The minimum atomic E-state index is 0.0380. The maximum atomic E-state index is 13.6. The van der Waals surface area contributed by atoms with Gasteiger partial charge >= 0.3 is 0 Å². The van der Waals surface area contributed by atoms with Gasteiger partial charge in [-0.25, -0.2) is 0 Å². The van der Waals surface area contributed by atoms with E-state index in [-0.39, 0.29) is 17.9 Å². The standard InChI is InChI=1S/C25H30N4O2S/c30-24(26-20-10-11-20)16-27-12-14-28(15-13-27)17-25(31)29-21-8-4-5-9-23(21)32-18-22(29)19-6-2-1-3-7-19/h1-9,20,22H,10-18H2,(H,26,30). The highest BCUT2D eigenvalue weighted by molar-refractivity contribution is 7.99. The van der Waals surface area contributed by atoms with Crippen molar-refractivity contribution < 1.29 is 9.59 Å². The van der Waals surface area contributed by atoms with Gasteiger partial charge in [-0.05, 0) is 30.5 Å². The Kier molecular flexibility index (Phi) is 6.48. The highest BCUT2D eigenvalue weighted by Crippen LogP contribution is 2.43. The van der Waals surface area contributed by atoms with Gasteiger partial charge in [-0.15, -0.1) is 11.8 Å². The summed E-state index contributed by atoms with van der Waals surface area (Å²) < 4.78 is 0. The number of benzene rings is 2. The fourth-order valence-corrected chi connectivity index (χ4v) is 5.66. The van der Waals surface area contributed by atoms with Crippen LogP contribution in [0.5, 0.6) is 0 Å². The average Bonchev–Trinajstić information content (AvgIpc) is 3.64. The van der Waals surface area contributed by atoms with Crippen molar-refractivity contribution in [2.75, 3.05) is 49.9 Å². The van der Waals surface area contributed by atoms with Crippen LogP contribution in [0.1, 0.15) is 24.4 Å². The van der Waals surface area contributed by atoms with E-state index in [9.17, 15) is 9.59 Å². The number of thioether (sulfide) groups is 1. The SMILES string of the molecule is O=C(CN1CCN(CC(=O)N2c3ccccc3SCC2c2ccccc2)CC1)NC1CC1. The Labute approximate surface area is 193 Å². The van der Waals surface area contributed by atoms with Crippen molar-refractivity contribution in [3.05, 3.63) is 60.2 Å². The number of anilines is 1. The molecular formula is C25H30N4O2S. The fraction of sp³-hybridized carbons (Fsp3) is 0.440. The molecule has 0 spiro atoms. The third-order valence-electron chi connectivity index (χ3n) is 6.42. The number of hydrogen-bond acceptors (Lipinski definition) is 5. The number of carbonyl (C=O) groups excluding carboxylic acids is 2. The molecule has 2 aliphatic heterocycles. The van der Waals surface area contributed by atoms with Gasteiger partial charge in [0.05, 0.1) is 24.8 Å². The van der Waals surface area contributed by atoms with E-state index in [2.05, 4.69) is 39.4 Å². The van der Waals surface area contributed by atoms with Crippen LogP contribution >= 0.6 is 11.8 Å². The van der Waals surface area contributed by atoms with E-state index >= 15 is 0 Å². The Morgan fingerprint density at radius 1 is 0.875 bits per heavy atom. The highest BCUT2D eigenvalue weighted by Gasteiger charge is 2.33. The Hall–Kier alpha value is -2.35. The van der Waals surface area contributed by atoms with Gasteiger partial charge in [0.15, 0.2) is 0 Å². The number of nitrogens with one attached hydrogen (secondary N) is 1. The zero-order chi connectivity index (χ0) is 21.9. The molecule has 1 N–H and O–H groups in total. The lowest BCUT2D eigenvalue weighted by Crippen LogP contribution is -2.52. The minimum Gasteiger partial charge on any atom is -0.352 e. The summed E-state index contributed by atoms with van der Waals surface area (Å²) in [5.41, 5.74) is 2.19. The lowest BCUT2D eigenvalue weighted by atomic mass is 10.1. The quantitative estimate of drug-likeness (QED) is 0.734. The van der Waals surface area contributed by atoms with Crippen LogP contribution in [0, 0.1) is 0 Å². The Balaban J connectivity index is 1.23. The molecule has 2 heterocycles. The molecule has 0 aromatic heterocycles. The maximum Gasteiger partial charge on any atom is 0.241 e. The van der Waals surface area contributed by atoms with E-state index in [0.717, 1.165) is 50.5 Å². The van der Waals surface area contributed by atoms with Gasteiger partial charge in [0.1, 0.15) is 0 Å². The Morgan fingerprint density at radius 3 is 2.25 bits per heavy atom. The van der Waals surface area contributed by atoms with Gasteiger partial charge in [-0.2, -0.15) is 0 Å². The predicted octanol–water partition coefficient (Wildman–Crippen LogP) is 2.76. The topological polar surface area (TPSA) is 55.9 Å². The van der Waals surface area contributed by atoms with E-state index in [0.29, 0.717) is 19.1 Å². The van der Waals surface area contributed by atoms with Gasteiger partial charge in [0.2, 0.25) is 11.8 Å². The molecule has 0 radical (unpaired) electrons. The van der Waals surface area contributed by atoms with E-state index in [1.165, 1.54) is 10.5 Å². The summed E-state index contributed by atoms with van der Waals surface area (Å²) in [6.07, 6.45) is 2.23. The van der Waals surface area contributed by atoms with E-state index in [4.69, 9.17) is 0 Å². The number of fused-ring (bicyclic) bond motifs is 1. The van der Waals surface area contributed by atoms with Crippen molar-refractivity contribution >= 4 is 29.3 Å². The summed E-state index contributed by atoms with van der Waals surface area (Å²) in [6, 6.07) is 19.0. The molecule has 2 amide bonds. The molecule has 6 nitrogen and oxygen atoms in total. The molecule has 5 rings (SSSR count). The summed E-state index contributed by atoms with van der Waals surface area (Å²) in [4.78, 5) is 33.3. The number of amides is 2. The first-order chi connectivity index (χ1) is 15.7. The van der Waals surface area contributed by atoms with Gasteiger partial charge in [0.25, 0.3) is 0 Å². The first-order valence-corrected chi connectivity index (χ1v) is 12.5. The molecule has 1 atom stereocenters. The summed E-state index contributed by atoms with van der Waals surface area (Å²) in [5, 5.41) is 3.06. The lowest BCUT2D eigenvalue weighted by molar-refractivity contribution is -0.124. The third-order valence-corrected chi connectivity index (χ3v) is 7.56. The molecule has 1 saturated carbocycles. The summed E-state index contributed by atoms with van der Waals surface area (Å²) in [5.74, 6) is 1.13.